The van der Waals surface area contributed by atoms with Gasteiger partial charge in [0, 0.05) is 87.9 Å². The average Bonchev–Trinajstić information content (AvgIpc) is 4.14. The second-order valence-corrected chi connectivity index (χ2v) is 15.2. The van der Waals surface area contributed by atoms with Crippen LogP contribution < -0.4 is 21.1 Å². The lowest BCUT2D eigenvalue weighted by Gasteiger charge is -2.35. The van der Waals surface area contributed by atoms with Gasteiger partial charge < -0.3 is 34.8 Å². The molecule has 1 saturated carbocycles. The van der Waals surface area contributed by atoms with Gasteiger partial charge in [-0.1, -0.05) is 24.3 Å². The van der Waals surface area contributed by atoms with Crippen LogP contribution in [0.4, 0.5) is 35.1 Å². The van der Waals surface area contributed by atoms with E-state index in [0.717, 1.165) is 36.1 Å². The van der Waals surface area contributed by atoms with Crippen LogP contribution >= 0.6 is 0 Å². The Bertz CT molecular complexity index is 2430. The summed E-state index contributed by atoms with van der Waals surface area (Å²) in [6.45, 7) is 6.18. The lowest BCUT2D eigenvalue weighted by atomic mass is 10.0. The van der Waals surface area contributed by atoms with Gasteiger partial charge in [0.15, 0.2) is 0 Å². The van der Waals surface area contributed by atoms with E-state index in [1.54, 1.807) is 40.1 Å². The van der Waals surface area contributed by atoms with Gasteiger partial charge in [0.2, 0.25) is 11.9 Å². The number of H-pyrrole nitrogens is 1. The first kappa shape index (κ1) is 41.5. The number of carbonyl (C=O) groups is 2. The first-order chi connectivity index (χ1) is 29.4. The Kier molecular flexibility index (Phi) is 12.1. The molecular formula is C42H44F4N10O5. The van der Waals surface area contributed by atoms with E-state index in [1.165, 1.54) is 6.07 Å². The highest BCUT2D eigenvalue weighted by Gasteiger charge is 2.37. The Balaban J connectivity index is 0.000000169. The minimum atomic E-state index is -4.59. The molecule has 320 valence electrons. The number of piperazine rings is 1. The molecule has 0 unspecified atom stereocenters. The Labute approximate surface area is 347 Å². The molecule has 61 heavy (non-hydrogen) atoms. The molecule has 19 heteroatoms. The zero-order valence-electron chi connectivity index (χ0n) is 33.2. The number of ether oxygens (including phenoxy) is 2. The standard InChI is InChI=1S/C24H23FN4O3.C18H21F3N6O2/c25-20-8-5-15(14-21-17-3-1-2-4-18(17)22(30)27-26-21)13-19(20)24(32)29-11-9-28(10-12-29)23(31)16-6-7-16;19-18(20,21)13-9-15(22)23-11-12(13)14-10-16(26-1-5-28-6-2-26)25-17(24-14)27-3-7-29-8-4-27/h1-5,8,13,16H,6-7,9-12,14H2,(H,27,30);9-11H,1-8H2,(H2,22,23). The molecule has 0 bridgehead atoms. The van der Waals surface area contributed by atoms with Crippen LogP contribution in [0.1, 0.15) is 40.0 Å². The van der Waals surface area contributed by atoms with Crippen molar-refractivity contribution in [1.82, 2.24) is 34.9 Å². The SMILES string of the molecule is Nc1cc(C(F)(F)F)c(-c2cc(N3CCOCC3)nc(N3CCOCC3)n2)cn1.O=C(c1cc(Cc2n[nH]c(=O)c3ccccc23)ccc1F)N1CCN(C(=O)C2CC2)CC1. The summed E-state index contributed by atoms with van der Waals surface area (Å²) < 4.78 is 66.2. The van der Waals surface area contributed by atoms with E-state index in [2.05, 4.69) is 25.1 Å². The Morgan fingerprint density at radius 2 is 1.48 bits per heavy atom. The predicted octanol–water partition coefficient (Wildman–Crippen LogP) is 4.16. The number of alkyl halides is 3. The molecule has 0 radical (unpaired) electrons. The zero-order chi connectivity index (χ0) is 42.7. The molecule has 3 aliphatic heterocycles. The van der Waals surface area contributed by atoms with Gasteiger partial charge in [0.05, 0.1) is 54.3 Å². The van der Waals surface area contributed by atoms with E-state index in [4.69, 9.17) is 15.2 Å². The highest BCUT2D eigenvalue weighted by Crippen LogP contribution is 2.38. The molecule has 1 aliphatic carbocycles. The minimum absolute atomic E-state index is 0.0122. The summed E-state index contributed by atoms with van der Waals surface area (Å²) in [5.74, 6) is 0.116. The molecule has 9 rings (SSSR count). The number of fused-ring (bicyclic) bond motifs is 1. The summed E-state index contributed by atoms with van der Waals surface area (Å²) in [4.78, 5) is 57.5. The normalized spacial score (nSPS) is 17.2. The largest absolute Gasteiger partial charge is 0.417 e. The molecule has 15 nitrogen and oxygen atoms in total. The van der Waals surface area contributed by atoms with Crippen molar-refractivity contribution >= 4 is 40.2 Å². The third kappa shape index (κ3) is 9.57. The van der Waals surface area contributed by atoms with Crippen molar-refractivity contribution in [3.63, 3.8) is 0 Å². The van der Waals surface area contributed by atoms with Gasteiger partial charge in [-0.3, -0.25) is 14.4 Å². The number of anilines is 3. The number of aromatic amines is 1. The first-order valence-electron chi connectivity index (χ1n) is 20.1. The van der Waals surface area contributed by atoms with Crippen LogP contribution in [-0.4, -0.2) is 126 Å². The molecule has 0 spiro atoms. The number of aromatic nitrogens is 5. The minimum Gasteiger partial charge on any atom is -0.384 e. The number of nitrogen functional groups attached to an aromatic ring is 1. The van der Waals surface area contributed by atoms with Gasteiger partial charge >= 0.3 is 6.18 Å². The van der Waals surface area contributed by atoms with Crippen LogP contribution in [0.25, 0.3) is 22.0 Å². The predicted molar refractivity (Wildman–Crippen MR) is 218 cm³/mol. The van der Waals surface area contributed by atoms with E-state index < -0.39 is 17.6 Å². The van der Waals surface area contributed by atoms with Crippen molar-refractivity contribution in [1.29, 1.82) is 0 Å². The number of amides is 2. The number of pyridine rings is 1. The zero-order valence-corrected chi connectivity index (χ0v) is 33.2. The van der Waals surface area contributed by atoms with Gasteiger partial charge in [0.25, 0.3) is 11.5 Å². The summed E-state index contributed by atoms with van der Waals surface area (Å²) in [6, 6.07) is 14.0. The average molecular weight is 845 g/mol. The molecule has 6 heterocycles. The van der Waals surface area contributed by atoms with Crippen LogP contribution in [0.2, 0.25) is 0 Å². The van der Waals surface area contributed by atoms with Crippen LogP contribution in [0.3, 0.4) is 0 Å². The highest BCUT2D eigenvalue weighted by molar-refractivity contribution is 5.95. The number of morpholine rings is 2. The maximum Gasteiger partial charge on any atom is 0.417 e. The number of hydrogen-bond acceptors (Lipinski definition) is 12. The lowest BCUT2D eigenvalue weighted by Crippen LogP contribution is -2.51. The maximum absolute atomic E-state index is 14.6. The highest BCUT2D eigenvalue weighted by atomic mass is 19.4. The van der Waals surface area contributed by atoms with E-state index in [1.807, 2.05) is 21.9 Å². The molecule has 4 fully saturated rings. The van der Waals surface area contributed by atoms with E-state index >= 15 is 0 Å². The molecule has 4 aliphatic rings. The summed E-state index contributed by atoms with van der Waals surface area (Å²) in [5.41, 5.74) is 5.79. The smallest absolute Gasteiger partial charge is 0.384 e. The molecular weight excluding hydrogens is 801 g/mol. The molecule has 0 atom stereocenters. The molecule has 5 aromatic rings. The third-order valence-corrected chi connectivity index (χ3v) is 11.0. The van der Waals surface area contributed by atoms with Crippen LogP contribution in [0.5, 0.6) is 0 Å². The van der Waals surface area contributed by atoms with Crippen molar-refractivity contribution in [3.05, 3.63) is 99.3 Å². The van der Waals surface area contributed by atoms with E-state index in [-0.39, 0.29) is 45.9 Å². The van der Waals surface area contributed by atoms with Gasteiger partial charge in [-0.2, -0.15) is 23.3 Å². The first-order valence-corrected chi connectivity index (χ1v) is 20.1. The number of halogens is 4. The number of hydrogen-bond donors (Lipinski definition) is 2. The number of rotatable bonds is 7. The van der Waals surface area contributed by atoms with Crippen molar-refractivity contribution < 1.29 is 36.6 Å². The second-order valence-electron chi connectivity index (χ2n) is 15.2. The van der Waals surface area contributed by atoms with Gasteiger partial charge in [-0.25, -0.2) is 19.5 Å². The van der Waals surface area contributed by atoms with Crippen molar-refractivity contribution in [2.75, 3.05) is 94.3 Å². The summed E-state index contributed by atoms with van der Waals surface area (Å²) in [6.07, 6.45) is -1.21. The topological polar surface area (TPSA) is 176 Å². The van der Waals surface area contributed by atoms with Gasteiger partial charge in [0.1, 0.15) is 17.5 Å². The summed E-state index contributed by atoms with van der Waals surface area (Å²) in [5, 5.41) is 7.93. The number of nitrogens with one attached hydrogen (secondary N) is 1. The molecule has 2 aromatic carbocycles. The fourth-order valence-corrected chi connectivity index (χ4v) is 7.56. The number of nitrogens with zero attached hydrogens (tertiary/aromatic N) is 8. The van der Waals surface area contributed by atoms with Crippen LogP contribution in [0.15, 0.2) is 65.6 Å². The quantitative estimate of drug-likeness (QED) is 0.224. The maximum atomic E-state index is 14.6. The third-order valence-electron chi connectivity index (χ3n) is 11.0. The fourth-order valence-electron chi connectivity index (χ4n) is 7.56. The fraction of sp³-hybridized carbons (Fsp3) is 0.405. The summed E-state index contributed by atoms with van der Waals surface area (Å²) in [7, 11) is 0. The summed E-state index contributed by atoms with van der Waals surface area (Å²) >= 11 is 0. The molecule has 2 amide bonds. The van der Waals surface area contributed by atoms with Crippen molar-refractivity contribution in [2.24, 2.45) is 5.92 Å². The van der Waals surface area contributed by atoms with Crippen molar-refractivity contribution in [3.8, 4) is 11.3 Å². The number of nitrogens with two attached hydrogens (primary N) is 1. The Hall–Kier alpha value is -6.21. The van der Waals surface area contributed by atoms with Gasteiger partial charge in [-0.05, 0) is 42.7 Å². The Morgan fingerprint density at radius 1 is 0.820 bits per heavy atom. The van der Waals surface area contributed by atoms with E-state index in [0.29, 0.717) is 108 Å². The van der Waals surface area contributed by atoms with E-state index in [9.17, 15) is 31.9 Å². The lowest BCUT2D eigenvalue weighted by molar-refractivity contribution is -0.137. The van der Waals surface area contributed by atoms with Crippen LogP contribution in [0, 0.1) is 11.7 Å². The van der Waals surface area contributed by atoms with Crippen molar-refractivity contribution in [2.45, 2.75) is 25.4 Å². The van der Waals surface area contributed by atoms with Crippen LogP contribution in [-0.2, 0) is 26.9 Å². The molecule has 3 N–H and O–H groups in total. The number of benzene rings is 2. The molecule has 3 aromatic heterocycles. The second kappa shape index (κ2) is 17.8. The molecule has 3 saturated heterocycles. The van der Waals surface area contributed by atoms with Gasteiger partial charge in [-0.15, -0.1) is 0 Å². The number of carbonyl (C=O) groups excluding carboxylic acids is 2. The monoisotopic (exact) mass is 844 g/mol. The Morgan fingerprint density at radius 3 is 2.15 bits per heavy atom.